The standard InChI is InChI=1S/C16H14Cl2N2O/c17-11-5-6-13(18)14(9-11)20-16(21)15-12-4-2-1-3-10(12)7-8-19-15/h1-6,9,15,19H,7-8H2,(H,20,21). The molecule has 0 spiro atoms. The Bertz CT molecular complexity index is 688. The Morgan fingerprint density at radius 2 is 2.00 bits per heavy atom. The van der Waals surface area contributed by atoms with E-state index in [1.807, 2.05) is 18.2 Å². The fraction of sp³-hybridized carbons (Fsp3) is 0.188. The third-order valence-electron chi connectivity index (χ3n) is 3.56. The molecule has 3 rings (SSSR count). The van der Waals surface area contributed by atoms with Crippen molar-refractivity contribution in [2.75, 3.05) is 11.9 Å². The van der Waals surface area contributed by atoms with Crippen LogP contribution in [0.25, 0.3) is 0 Å². The van der Waals surface area contributed by atoms with E-state index in [0.29, 0.717) is 15.7 Å². The number of hydrogen-bond donors (Lipinski definition) is 2. The smallest absolute Gasteiger partial charge is 0.246 e. The molecule has 1 aliphatic rings. The first-order chi connectivity index (χ1) is 10.1. The van der Waals surface area contributed by atoms with Gasteiger partial charge in [-0.2, -0.15) is 0 Å². The van der Waals surface area contributed by atoms with E-state index in [-0.39, 0.29) is 11.9 Å². The second kappa shape index (κ2) is 6.06. The molecule has 2 N–H and O–H groups in total. The minimum atomic E-state index is -0.370. The predicted molar refractivity (Wildman–Crippen MR) is 86.0 cm³/mol. The van der Waals surface area contributed by atoms with Crippen LogP contribution in [0.15, 0.2) is 42.5 Å². The van der Waals surface area contributed by atoms with E-state index in [1.54, 1.807) is 18.2 Å². The number of hydrogen-bond acceptors (Lipinski definition) is 2. The number of carbonyl (C=O) groups is 1. The van der Waals surface area contributed by atoms with Crippen LogP contribution in [0.5, 0.6) is 0 Å². The van der Waals surface area contributed by atoms with Crippen molar-refractivity contribution in [3.05, 3.63) is 63.6 Å². The molecule has 0 aromatic heterocycles. The summed E-state index contributed by atoms with van der Waals surface area (Å²) in [5.74, 6) is -0.133. The van der Waals surface area contributed by atoms with Gasteiger partial charge in [0, 0.05) is 11.6 Å². The molecule has 3 nitrogen and oxygen atoms in total. The zero-order valence-electron chi connectivity index (χ0n) is 11.2. The lowest BCUT2D eigenvalue weighted by molar-refractivity contribution is -0.118. The number of rotatable bonds is 2. The summed E-state index contributed by atoms with van der Waals surface area (Å²) in [5, 5.41) is 7.09. The zero-order valence-corrected chi connectivity index (χ0v) is 12.7. The topological polar surface area (TPSA) is 41.1 Å². The third kappa shape index (κ3) is 3.05. The van der Waals surface area contributed by atoms with E-state index in [0.717, 1.165) is 18.5 Å². The summed E-state index contributed by atoms with van der Waals surface area (Å²) in [5.41, 5.74) is 2.74. The van der Waals surface area contributed by atoms with Gasteiger partial charge in [0.05, 0.1) is 10.7 Å². The largest absolute Gasteiger partial charge is 0.323 e. The number of nitrogens with one attached hydrogen (secondary N) is 2. The van der Waals surface area contributed by atoms with E-state index < -0.39 is 0 Å². The average molecular weight is 321 g/mol. The molecule has 1 aliphatic heterocycles. The van der Waals surface area contributed by atoms with Gasteiger partial charge < -0.3 is 10.6 Å². The van der Waals surface area contributed by atoms with Crippen LogP contribution in [0.1, 0.15) is 17.2 Å². The number of halogens is 2. The van der Waals surface area contributed by atoms with Crippen molar-refractivity contribution in [2.24, 2.45) is 0 Å². The summed E-state index contributed by atoms with van der Waals surface area (Å²) in [6.45, 7) is 0.776. The molecule has 2 aromatic rings. The highest BCUT2D eigenvalue weighted by atomic mass is 35.5. The van der Waals surface area contributed by atoms with Crippen LogP contribution in [-0.4, -0.2) is 12.5 Å². The van der Waals surface area contributed by atoms with Gasteiger partial charge in [-0.3, -0.25) is 4.79 Å². The number of fused-ring (bicyclic) bond motifs is 1. The number of benzene rings is 2. The van der Waals surface area contributed by atoms with Crippen LogP contribution < -0.4 is 10.6 Å². The molecule has 0 saturated heterocycles. The summed E-state index contributed by atoms with van der Waals surface area (Å²) in [4.78, 5) is 12.5. The quantitative estimate of drug-likeness (QED) is 0.883. The molecule has 0 radical (unpaired) electrons. The number of carbonyl (C=O) groups excluding carboxylic acids is 1. The van der Waals surface area contributed by atoms with E-state index in [1.165, 1.54) is 5.56 Å². The van der Waals surface area contributed by atoms with E-state index in [4.69, 9.17) is 23.2 Å². The van der Waals surface area contributed by atoms with Crippen LogP contribution in [0.2, 0.25) is 10.0 Å². The first kappa shape index (κ1) is 14.4. The van der Waals surface area contributed by atoms with E-state index in [9.17, 15) is 4.79 Å². The molecule has 1 atom stereocenters. The van der Waals surface area contributed by atoms with Crippen LogP contribution in [-0.2, 0) is 11.2 Å². The summed E-state index contributed by atoms with van der Waals surface area (Å²) in [6, 6.07) is 12.6. The van der Waals surface area contributed by atoms with Gasteiger partial charge >= 0.3 is 0 Å². The average Bonchev–Trinajstić information content (AvgIpc) is 2.50. The molecule has 1 unspecified atom stereocenters. The zero-order chi connectivity index (χ0) is 14.8. The van der Waals surface area contributed by atoms with E-state index in [2.05, 4.69) is 16.7 Å². The van der Waals surface area contributed by atoms with Crippen molar-refractivity contribution < 1.29 is 4.79 Å². The van der Waals surface area contributed by atoms with Crippen molar-refractivity contribution in [2.45, 2.75) is 12.5 Å². The maximum absolute atomic E-state index is 12.5. The highest BCUT2D eigenvalue weighted by Gasteiger charge is 2.26. The van der Waals surface area contributed by atoms with Crippen LogP contribution >= 0.6 is 23.2 Å². The highest BCUT2D eigenvalue weighted by Crippen LogP contribution is 2.28. The molecule has 0 fully saturated rings. The lowest BCUT2D eigenvalue weighted by atomic mass is 9.94. The van der Waals surface area contributed by atoms with Gasteiger partial charge in [0.15, 0.2) is 0 Å². The molecule has 5 heteroatoms. The minimum absolute atomic E-state index is 0.133. The molecular formula is C16H14Cl2N2O. The third-order valence-corrected chi connectivity index (χ3v) is 4.12. The van der Waals surface area contributed by atoms with Crippen molar-refractivity contribution in [1.82, 2.24) is 5.32 Å². The molecule has 0 bridgehead atoms. The summed E-state index contributed by atoms with van der Waals surface area (Å²) in [7, 11) is 0. The van der Waals surface area contributed by atoms with Crippen molar-refractivity contribution in [1.29, 1.82) is 0 Å². The van der Waals surface area contributed by atoms with Crippen molar-refractivity contribution >= 4 is 34.8 Å². The Morgan fingerprint density at radius 3 is 2.86 bits per heavy atom. The first-order valence-electron chi connectivity index (χ1n) is 6.72. The molecule has 0 aliphatic carbocycles. The van der Waals surface area contributed by atoms with Gasteiger partial charge in [-0.05, 0) is 35.7 Å². The van der Waals surface area contributed by atoms with Gasteiger partial charge in [0.2, 0.25) is 5.91 Å². The summed E-state index contributed by atoms with van der Waals surface area (Å²) >= 11 is 12.0. The van der Waals surface area contributed by atoms with Crippen LogP contribution in [0, 0.1) is 0 Å². The maximum atomic E-state index is 12.5. The Labute approximate surface area is 133 Å². The predicted octanol–water partition coefficient (Wildman–Crippen LogP) is 3.82. The second-order valence-electron chi connectivity index (χ2n) is 4.95. The van der Waals surface area contributed by atoms with Crippen molar-refractivity contribution in [3.63, 3.8) is 0 Å². The molecule has 21 heavy (non-hydrogen) atoms. The highest BCUT2D eigenvalue weighted by molar-refractivity contribution is 6.35. The van der Waals surface area contributed by atoms with Crippen LogP contribution in [0.4, 0.5) is 5.69 Å². The van der Waals surface area contributed by atoms with Gasteiger partial charge in [-0.25, -0.2) is 0 Å². The Kier molecular flexibility index (Phi) is 4.15. The number of amides is 1. The first-order valence-corrected chi connectivity index (χ1v) is 7.48. The van der Waals surface area contributed by atoms with Crippen molar-refractivity contribution in [3.8, 4) is 0 Å². The number of anilines is 1. The molecule has 0 saturated carbocycles. The fourth-order valence-corrected chi connectivity index (χ4v) is 2.87. The maximum Gasteiger partial charge on any atom is 0.246 e. The van der Waals surface area contributed by atoms with Gasteiger partial charge in [0.1, 0.15) is 6.04 Å². The molecule has 1 heterocycles. The lowest BCUT2D eigenvalue weighted by Gasteiger charge is -2.26. The summed E-state index contributed by atoms with van der Waals surface area (Å²) < 4.78 is 0. The van der Waals surface area contributed by atoms with Gasteiger partial charge in [-0.1, -0.05) is 47.5 Å². The monoisotopic (exact) mass is 320 g/mol. The Balaban J connectivity index is 1.85. The molecule has 1 amide bonds. The molecular weight excluding hydrogens is 307 g/mol. The van der Waals surface area contributed by atoms with E-state index >= 15 is 0 Å². The Morgan fingerprint density at radius 1 is 1.19 bits per heavy atom. The van der Waals surface area contributed by atoms with Gasteiger partial charge in [-0.15, -0.1) is 0 Å². The fourth-order valence-electron chi connectivity index (χ4n) is 2.54. The van der Waals surface area contributed by atoms with Gasteiger partial charge in [0.25, 0.3) is 0 Å². The second-order valence-corrected chi connectivity index (χ2v) is 5.79. The molecule has 108 valence electrons. The molecule has 2 aromatic carbocycles. The minimum Gasteiger partial charge on any atom is -0.323 e. The lowest BCUT2D eigenvalue weighted by Crippen LogP contribution is -2.38. The summed E-state index contributed by atoms with van der Waals surface area (Å²) in [6.07, 6.45) is 0.928. The normalized spacial score (nSPS) is 17.1. The Hall–Kier alpha value is -1.55. The SMILES string of the molecule is O=C(Nc1cc(Cl)ccc1Cl)C1NCCc2ccccc21. The van der Waals surface area contributed by atoms with Crippen LogP contribution in [0.3, 0.4) is 0 Å².